The molecule has 31 heavy (non-hydrogen) atoms. The second-order valence-electron chi connectivity index (χ2n) is 7.29. The number of hydrogen-bond donors (Lipinski definition) is 1. The van der Waals surface area contributed by atoms with E-state index in [9.17, 15) is 4.79 Å². The van der Waals surface area contributed by atoms with Crippen molar-refractivity contribution in [3.63, 3.8) is 0 Å². The molecule has 5 rings (SSSR count). The quantitative estimate of drug-likeness (QED) is 0.220. The maximum atomic E-state index is 11.9. The van der Waals surface area contributed by atoms with Crippen LogP contribution in [-0.4, -0.2) is 21.5 Å². The molecular formula is C26H18ClN3O. The Balaban J connectivity index is 2.03. The van der Waals surface area contributed by atoms with Crippen LogP contribution in [-0.2, 0) is 5.41 Å². The SMILES string of the molecule is O=Cc1[nH]nc2cc(Cl)nc(C(c3ccccc3)(c3ccccc3)c3ccccc3)c12. The van der Waals surface area contributed by atoms with E-state index in [0.717, 1.165) is 23.0 Å². The number of carbonyl (C=O) groups is 1. The molecule has 0 spiro atoms. The van der Waals surface area contributed by atoms with E-state index in [2.05, 4.69) is 46.6 Å². The van der Waals surface area contributed by atoms with Gasteiger partial charge < -0.3 is 0 Å². The first-order valence-corrected chi connectivity index (χ1v) is 10.3. The summed E-state index contributed by atoms with van der Waals surface area (Å²) in [6, 6.07) is 32.2. The number of halogens is 1. The molecule has 4 nitrogen and oxygen atoms in total. The molecule has 0 aliphatic heterocycles. The van der Waals surface area contributed by atoms with Gasteiger partial charge in [0, 0.05) is 6.07 Å². The number of aromatic nitrogens is 3. The van der Waals surface area contributed by atoms with Crippen LogP contribution in [0.1, 0.15) is 32.9 Å². The van der Waals surface area contributed by atoms with Gasteiger partial charge in [-0.25, -0.2) is 4.98 Å². The van der Waals surface area contributed by atoms with Crippen molar-refractivity contribution in [1.29, 1.82) is 0 Å². The van der Waals surface area contributed by atoms with E-state index in [4.69, 9.17) is 16.6 Å². The molecule has 3 aromatic carbocycles. The first-order chi connectivity index (χ1) is 15.2. The fourth-order valence-electron chi connectivity index (χ4n) is 4.36. The molecule has 0 aliphatic carbocycles. The van der Waals surface area contributed by atoms with Crippen LogP contribution in [0, 0.1) is 0 Å². The van der Waals surface area contributed by atoms with Gasteiger partial charge in [0.2, 0.25) is 0 Å². The van der Waals surface area contributed by atoms with Crippen LogP contribution in [0.3, 0.4) is 0 Å². The Kier molecular flexibility index (Phi) is 4.85. The van der Waals surface area contributed by atoms with E-state index in [1.807, 2.05) is 54.6 Å². The summed E-state index contributed by atoms with van der Waals surface area (Å²) in [5.74, 6) is 0. The highest BCUT2D eigenvalue weighted by atomic mass is 35.5. The third kappa shape index (κ3) is 3.04. The Morgan fingerprint density at radius 2 is 1.26 bits per heavy atom. The second kappa shape index (κ2) is 7.82. The number of aldehydes is 1. The lowest BCUT2D eigenvalue weighted by Gasteiger charge is -2.36. The Bertz CT molecular complexity index is 1250. The number of nitrogens with zero attached hydrogens (tertiary/aromatic N) is 2. The molecule has 0 aliphatic rings. The van der Waals surface area contributed by atoms with Crippen LogP contribution >= 0.6 is 11.6 Å². The number of rotatable bonds is 5. The van der Waals surface area contributed by atoms with E-state index in [1.165, 1.54) is 0 Å². The number of pyridine rings is 1. The van der Waals surface area contributed by atoms with Gasteiger partial charge in [-0.15, -0.1) is 0 Å². The van der Waals surface area contributed by atoms with Crippen LogP contribution in [0.2, 0.25) is 5.15 Å². The summed E-state index contributed by atoms with van der Waals surface area (Å²) in [6.45, 7) is 0. The van der Waals surface area contributed by atoms with Crippen molar-refractivity contribution < 1.29 is 4.79 Å². The van der Waals surface area contributed by atoms with E-state index >= 15 is 0 Å². The molecule has 0 fully saturated rings. The monoisotopic (exact) mass is 423 g/mol. The maximum Gasteiger partial charge on any atom is 0.168 e. The molecular weight excluding hydrogens is 406 g/mol. The van der Waals surface area contributed by atoms with Gasteiger partial charge in [-0.05, 0) is 16.7 Å². The van der Waals surface area contributed by atoms with Crippen molar-refractivity contribution in [2.75, 3.05) is 0 Å². The molecule has 0 radical (unpaired) electrons. The van der Waals surface area contributed by atoms with Crippen molar-refractivity contribution in [3.05, 3.63) is 130 Å². The van der Waals surface area contributed by atoms with Crippen molar-refractivity contribution in [3.8, 4) is 0 Å². The first kappa shape index (κ1) is 19.2. The predicted molar refractivity (Wildman–Crippen MR) is 123 cm³/mol. The Morgan fingerprint density at radius 1 is 0.774 bits per heavy atom. The summed E-state index contributed by atoms with van der Waals surface area (Å²) in [5.41, 5.74) is 3.87. The molecule has 0 saturated heterocycles. The average molecular weight is 424 g/mol. The van der Waals surface area contributed by atoms with Gasteiger partial charge in [0.25, 0.3) is 0 Å². The standard InChI is InChI=1S/C26H18ClN3O/c27-23-16-21-24(22(17-31)30-29-21)25(28-23)26(18-10-4-1-5-11-18,19-12-6-2-7-13-19)20-14-8-3-9-15-20/h1-17H,(H,29,30). The lowest BCUT2D eigenvalue weighted by Crippen LogP contribution is -2.32. The highest BCUT2D eigenvalue weighted by Gasteiger charge is 2.42. The zero-order valence-corrected chi connectivity index (χ0v) is 17.3. The number of H-pyrrole nitrogens is 1. The Labute approximate surface area is 184 Å². The maximum absolute atomic E-state index is 11.9. The third-order valence-electron chi connectivity index (χ3n) is 5.63. The van der Waals surface area contributed by atoms with Gasteiger partial charge >= 0.3 is 0 Å². The summed E-state index contributed by atoms with van der Waals surface area (Å²) in [6.07, 6.45) is 0.778. The molecule has 2 heterocycles. The molecule has 5 aromatic rings. The summed E-state index contributed by atoms with van der Waals surface area (Å²) in [4.78, 5) is 16.8. The fraction of sp³-hybridized carbons (Fsp3) is 0.0385. The van der Waals surface area contributed by atoms with Crippen molar-refractivity contribution in [1.82, 2.24) is 15.2 Å². The van der Waals surface area contributed by atoms with Gasteiger partial charge in [0.15, 0.2) is 6.29 Å². The highest BCUT2D eigenvalue weighted by Crippen LogP contribution is 2.47. The molecule has 0 bridgehead atoms. The van der Waals surface area contributed by atoms with Crippen LogP contribution in [0.4, 0.5) is 0 Å². The van der Waals surface area contributed by atoms with Gasteiger partial charge in [0.1, 0.15) is 10.8 Å². The molecule has 0 saturated carbocycles. The predicted octanol–water partition coefficient (Wildman–Crippen LogP) is 5.81. The normalized spacial score (nSPS) is 11.5. The van der Waals surface area contributed by atoms with Gasteiger partial charge in [-0.1, -0.05) is 103 Å². The molecule has 150 valence electrons. The van der Waals surface area contributed by atoms with Crippen molar-refractivity contribution in [2.45, 2.75) is 5.41 Å². The topological polar surface area (TPSA) is 58.6 Å². The Hall–Kier alpha value is -3.76. The number of benzene rings is 3. The molecule has 5 heteroatoms. The van der Waals surface area contributed by atoms with Gasteiger partial charge in [-0.2, -0.15) is 5.10 Å². The van der Waals surface area contributed by atoms with Gasteiger partial charge in [-0.3, -0.25) is 9.89 Å². The minimum Gasteiger partial charge on any atom is -0.296 e. The van der Waals surface area contributed by atoms with E-state index in [1.54, 1.807) is 6.07 Å². The minimum absolute atomic E-state index is 0.318. The molecule has 0 atom stereocenters. The first-order valence-electron chi connectivity index (χ1n) is 9.92. The number of carbonyl (C=O) groups excluding carboxylic acids is 1. The average Bonchev–Trinajstić information content (AvgIpc) is 3.24. The van der Waals surface area contributed by atoms with Crippen LogP contribution in [0.25, 0.3) is 10.9 Å². The van der Waals surface area contributed by atoms with E-state index < -0.39 is 5.41 Å². The lowest BCUT2D eigenvalue weighted by atomic mass is 9.66. The molecule has 0 amide bonds. The fourth-order valence-corrected chi connectivity index (χ4v) is 4.55. The highest BCUT2D eigenvalue weighted by molar-refractivity contribution is 6.30. The van der Waals surface area contributed by atoms with Crippen LogP contribution in [0.15, 0.2) is 97.1 Å². The van der Waals surface area contributed by atoms with Crippen LogP contribution < -0.4 is 0 Å². The summed E-state index contributed by atoms with van der Waals surface area (Å²) >= 11 is 6.49. The number of fused-ring (bicyclic) bond motifs is 1. The van der Waals surface area contributed by atoms with Gasteiger partial charge in [0.05, 0.1) is 22.0 Å². The largest absolute Gasteiger partial charge is 0.296 e. The zero-order valence-electron chi connectivity index (χ0n) is 16.5. The molecule has 0 unspecified atom stereocenters. The van der Waals surface area contributed by atoms with Crippen molar-refractivity contribution >= 4 is 28.8 Å². The summed E-state index contributed by atoms with van der Waals surface area (Å²) in [7, 11) is 0. The summed E-state index contributed by atoms with van der Waals surface area (Å²) in [5, 5.41) is 8.15. The smallest absolute Gasteiger partial charge is 0.168 e. The molecule has 1 N–H and O–H groups in total. The summed E-state index contributed by atoms with van der Waals surface area (Å²) < 4.78 is 0. The number of aromatic amines is 1. The van der Waals surface area contributed by atoms with E-state index in [0.29, 0.717) is 27.4 Å². The second-order valence-corrected chi connectivity index (χ2v) is 7.68. The number of hydrogen-bond acceptors (Lipinski definition) is 3. The third-order valence-corrected chi connectivity index (χ3v) is 5.82. The van der Waals surface area contributed by atoms with E-state index in [-0.39, 0.29) is 0 Å². The molecule has 2 aromatic heterocycles. The van der Waals surface area contributed by atoms with Crippen molar-refractivity contribution in [2.24, 2.45) is 0 Å². The Morgan fingerprint density at radius 3 is 1.71 bits per heavy atom. The zero-order chi connectivity index (χ0) is 21.3. The number of nitrogens with one attached hydrogen (secondary N) is 1. The van der Waals surface area contributed by atoms with Crippen LogP contribution in [0.5, 0.6) is 0 Å². The minimum atomic E-state index is -0.811. The lowest BCUT2D eigenvalue weighted by molar-refractivity contribution is 0.112.